The van der Waals surface area contributed by atoms with Crippen molar-refractivity contribution in [1.82, 2.24) is 9.21 Å². The van der Waals surface area contributed by atoms with Crippen molar-refractivity contribution in [3.05, 3.63) is 0 Å². The van der Waals surface area contributed by atoms with Gasteiger partial charge in [-0.05, 0) is 12.8 Å². The molecule has 19 heavy (non-hydrogen) atoms. The van der Waals surface area contributed by atoms with E-state index in [1.807, 2.05) is 6.92 Å². The summed E-state index contributed by atoms with van der Waals surface area (Å²) in [6.45, 7) is 6.01. The van der Waals surface area contributed by atoms with Crippen LogP contribution >= 0.6 is 0 Å². The quantitative estimate of drug-likeness (QED) is 0.713. The zero-order chi connectivity index (χ0) is 14.3. The summed E-state index contributed by atoms with van der Waals surface area (Å²) in [6, 6.07) is 0. The SMILES string of the molecule is CCCCC(=O)N1CCN(S(=O)(=O)CCCC)CC1. The van der Waals surface area contributed by atoms with Crippen LogP contribution in [0.15, 0.2) is 0 Å². The van der Waals surface area contributed by atoms with Crippen molar-refractivity contribution in [2.45, 2.75) is 46.0 Å². The molecule has 1 amide bonds. The number of rotatable bonds is 7. The number of piperazine rings is 1. The summed E-state index contributed by atoms with van der Waals surface area (Å²) in [5, 5.41) is 0. The fraction of sp³-hybridized carbons (Fsp3) is 0.923. The molecule has 0 N–H and O–H groups in total. The lowest BCUT2D eigenvalue weighted by atomic mass is 10.2. The summed E-state index contributed by atoms with van der Waals surface area (Å²) >= 11 is 0. The molecule has 0 radical (unpaired) electrons. The highest BCUT2D eigenvalue weighted by atomic mass is 32.2. The van der Waals surface area contributed by atoms with E-state index in [1.54, 1.807) is 4.90 Å². The van der Waals surface area contributed by atoms with Gasteiger partial charge in [-0.2, -0.15) is 4.31 Å². The van der Waals surface area contributed by atoms with Gasteiger partial charge in [0.2, 0.25) is 15.9 Å². The molecule has 0 bridgehead atoms. The lowest BCUT2D eigenvalue weighted by molar-refractivity contribution is -0.132. The van der Waals surface area contributed by atoms with Gasteiger partial charge < -0.3 is 4.90 Å². The molecular formula is C13H26N2O3S. The maximum absolute atomic E-state index is 12.0. The van der Waals surface area contributed by atoms with Gasteiger partial charge in [-0.3, -0.25) is 4.79 Å². The molecule has 0 atom stereocenters. The van der Waals surface area contributed by atoms with Crippen molar-refractivity contribution in [2.75, 3.05) is 31.9 Å². The van der Waals surface area contributed by atoms with E-state index in [-0.39, 0.29) is 11.7 Å². The molecule has 0 aromatic rings. The highest BCUT2D eigenvalue weighted by Crippen LogP contribution is 2.11. The first-order valence-electron chi connectivity index (χ1n) is 7.26. The van der Waals surface area contributed by atoms with Crippen molar-refractivity contribution in [3.63, 3.8) is 0 Å². The molecule has 1 rings (SSSR count). The van der Waals surface area contributed by atoms with Gasteiger partial charge in [0.25, 0.3) is 0 Å². The molecule has 5 nitrogen and oxygen atoms in total. The van der Waals surface area contributed by atoms with E-state index in [0.717, 1.165) is 19.3 Å². The third-order valence-corrected chi connectivity index (χ3v) is 5.44. The van der Waals surface area contributed by atoms with E-state index in [0.29, 0.717) is 39.0 Å². The van der Waals surface area contributed by atoms with Crippen LogP contribution in [0.4, 0.5) is 0 Å². The van der Waals surface area contributed by atoms with Gasteiger partial charge in [0, 0.05) is 32.6 Å². The summed E-state index contributed by atoms with van der Waals surface area (Å²) in [7, 11) is -3.12. The Hall–Kier alpha value is -0.620. The van der Waals surface area contributed by atoms with Crippen LogP contribution in [0.3, 0.4) is 0 Å². The average Bonchev–Trinajstić information content (AvgIpc) is 2.42. The summed E-state index contributed by atoms with van der Waals surface area (Å²) in [6.07, 6.45) is 4.09. The van der Waals surface area contributed by atoms with E-state index in [1.165, 1.54) is 4.31 Å². The maximum atomic E-state index is 12.0. The minimum Gasteiger partial charge on any atom is -0.340 e. The Bertz CT molecular complexity index is 373. The van der Waals surface area contributed by atoms with E-state index < -0.39 is 10.0 Å². The third kappa shape index (κ3) is 5.10. The average molecular weight is 290 g/mol. The monoisotopic (exact) mass is 290 g/mol. The number of amides is 1. The van der Waals surface area contributed by atoms with Crippen molar-refractivity contribution in [1.29, 1.82) is 0 Å². The van der Waals surface area contributed by atoms with E-state index in [4.69, 9.17) is 0 Å². The first kappa shape index (κ1) is 16.4. The first-order valence-corrected chi connectivity index (χ1v) is 8.87. The van der Waals surface area contributed by atoms with Crippen molar-refractivity contribution < 1.29 is 13.2 Å². The molecule has 1 aliphatic heterocycles. The molecular weight excluding hydrogens is 264 g/mol. The predicted molar refractivity (Wildman–Crippen MR) is 76.4 cm³/mol. The Morgan fingerprint density at radius 2 is 1.58 bits per heavy atom. The molecule has 1 heterocycles. The van der Waals surface area contributed by atoms with Gasteiger partial charge in [0.1, 0.15) is 0 Å². The van der Waals surface area contributed by atoms with Gasteiger partial charge in [0.15, 0.2) is 0 Å². The van der Waals surface area contributed by atoms with Crippen LogP contribution in [0.25, 0.3) is 0 Å². The highest BCUT2D eigenvalue weighted by Gasteiger charge is 2.27. The van der Waals surface area contributed by atoms with Crippen LogP contribution in [0, 0.1) is 0 Å². The summed E-state index contributed by atoms with van der Waals surface area (Å²) < 4.78 is 25.6. The second kappa shape index (κ2) is 7.85. The lowest BCUT2D eigenvalue weighted by Crippen LogP contribution is -2.51. The van der Waals surface area contributed by atoms with Crippen LogP contribution in [0.5, 0.6) is 0 Å². The van der Waals surface area contributed by atoms with E-state index >= 15 is 0 Å². The van der Waals surface area contributed by atoms with Crippen LogP contribution in [0.1, 0.15) is 46.0 Å². The molecule has 1 fully saturated rings. The Morgan fingerprint density at radius 3 is 2.11 bits per heavy atom. The molecule has 1 aliphatic rings. The van der Waals surface area contributed by atoms with Crippen molar-refractivity contribution >= 4 is 15.9 Å². The largest absolute Gasteiger partial charge is 0.340 e. The summed E-state index contributed by atoms with van der Waals surface area (Å²) in [5.41, 5.74) is 0. The Morgan fingerprint density at radius 1 is 1.00 bits per heavy atom. The molecule has 0 unspecified atom stereocenters. The van der Waals surface area contributed by atoms with Gasteiger partial charge in [-0.25, -0.2) is 8.42 Å². The van der Waals surface area contributed by atoms with Crippen molar-refractivity contribution in [3.8, 4) is 0 Å². The second-order valence-electron chi connectivity index (χ2n) is 5.05. The predicted octanol–water partition coefficient (Wildman–Crippen LogP) is 1.45. The number of sulfonamides is 1. The summed E-state index contributed by atoms with van der Waals surface area (Å²) in [5.74, 6) is 0.389. The fourth-order valence-corrected chi connectivity index (χ4v) is 3.79. The summed E-state index contributed by atoms with van der Waals surface area (Å²) in [4.78, 5) is 13.6. The van der Waals surface area contributed by atoms with Gasteiger partial charge in [-0.15, -0.1) is 0 Å². The molecule has 6 heteroatoms. The molecule has 0 aromatic heterocycles. The highest BCUT2D eigenvalue weighted by molar-refractivity contribution is 7.89. The number of carbonyl (C=O) groups excluding carboxylic acids is 1. The minimum absolute atomic E-state index is 0.160. The molecule has 1 saturated heterocycles. The Balaban J connectivity index is 2.42. The zero-order valence-corrected chi connectivity index (χ0v) is 12.9. The normalized spacial score (nSPS) is 17.7. The molecule has 0 aliphatic carbocycles. The second-order valence-corrected chi connectivity index (χ2v) is 7.14. The van der Waals surface area contributed by atoms with Gasteiger partial charge in [0.05, 0.1) is 5.75 Å². The van der Waals surface area contributed by atoms with Crippen LogP contribution < -0.4 is 0 Å². The minimum atomic E-state index is -3.12. The smallest absolute Gasteiger partial charge is 0.222 e. The standard InChI is InChI=1S/C13H26N2O3S/c1-3-5-7-13(16)14-8-10-15(11-9-14)19(17,18)12-6-4-2/h3-12H2,1-2H3. The maximum Gasteiger partial charge on any atom is 0.222 e. The van der Waals surface area contributed by atoms with Crippen LogP contribution in [0.2, 0.25) is 0 Å². The number of hydrogen-bond donors (Lipinski definition) is 0. The van der Waals surface area contributed by atoms with E-state index in [2.05, 4.69) is 6.92 Å². The Kier molecular flexibility index (Phi) is 6.79. The number of unbranched alkanes of at least 4 members (excludes halogenated alkanes) is 2. The van der Waals surface area contributed by atoms with Gasteiger partial charge in [-0.1, -0.05) is 26.7 Å². The number of hydrogen-bond acceptors (Lipinski definition) is 3. The zero-order valence-electron chi connectivity index (χ0n) is 12.1. The topological polar surface area (TPSA) is 57.7 Å². The molecule has 0 spiro atoms. The third-order valence-electron chi connectivity index (χ3n) is 3.48. The number of carbonyl (C=O) groups is 1. The fourth-order valence-electron chi connectivity index (χ4n) is 2.16. The lowest BCUT2D eigenvalue weighted by Gasteiger charge is -2.34. The van der Waals surface area contributed by atoms with E-state index in [9.17, 15) is 13.2 Å². The number of nitrogens with zero attached hydrogens (tertiary/aromatic N) is 2. The van der Waals surface area contributed by atoms with Crippen LogP contribution in [-0.2, 0) is 14.8 Å². The van der Waals surface area contributed by atoms with Crippen LogP contribution in [-0.4, -0.2) is 55.5 Å². The Labute approximate surface area is 117 Å². The van der Waals surface area contributed by atoms with Gasteiger partial charge >= 0.3 is 0 Å². The van der Waals surface area contributed by atoms with Crippen molar-refractivity contribution in [2.24, 2.45) is 0 Å². The first-order chi connectivity index (χ1) is 9.01. The molecule has 112 valence electrons. The molecule has 0 saturated carbocycles. The molecule has 0 aromatic carbocycles.